The van der Waals surface area contributed by atoms with E-state index in [4.69, 9.17) is 4.42 Å². The maximum Gasteiger partial charge on any atom is 0.236 e. The van der Waals surface area contributed by atoms with Crippen LogP contribution in [0.15, 0.2) is 95.4 Å². The number of carbonyl (C=O) groups excluding carboxylic acids is 1. The number of amides is 1. The molecule has 0 bridgehead atoms. The van der Waals surface area contributed by atoms with Crippen molar-refractivity contribution in [3.63, 3.8) is 0 Å². The third kappa shape index (κ3) is 4.23. The molecule has 0 saturated heterocycles. The summed E-state index contributed by atoms with van der Waals surface area (Å²) in [7, 11) is 0. The molecule has 34 heavy (non-hydrogen) atoms. The van der Waals surface area contributed by atoms with E-state index < -0.39 is 5.92 Å². The highest BCUT2D eigenvalue weighted by atomic mass is 16.3. The van der Waals surface area contributed by atoms with Gasteiger partial charge in [0.1, 0.15) is 5.52 Å². The monoisotopic (exact) mass is 446 g/mol. The molecular weight excluding hydrogens is 420 g/mol. The second-order valence-corrected chi connectivity index (χ2v) is 8.70. The highest BCUT2D eigenvalue weighted by Gasteiger charge is 2.23. The lowest BCUT2D eigenvalue weighted by Gasteiger charge is -2.19. The Morgan fingerprint density at radius 1 is 0.765 bits per heavy atom. The molecule has 0 unspecified atom stereocenters. The number of fused-ring (bicyclic) bond motifs is 1. The zero-order chi connectivity index (χ0) is 23.7. The molecular formula is C30H26N2O2. The summed E-state index contributed by atoms with van der Waals surface area (Å²) in [6.45, 7) is 6.11. The number of benzene rings is 4. The molecule has 0 aliphatic rings. The number of aryl methyl sites for hydroxylation is 3. The van der Waals surface area contributed by atoms with Crippen LogP contribution in [0.3, 0.4) is 0 Å². The van der Waals surface area contributed by atoms with Gasteiger partial charge in [0.2, 0.25) is 11.8 Å². The number of aromatic nitrogens is 1. The van der Waals surface area contributed by atoms with Crippen LogP contribution in [0.1, 0.15) is 33.7 Å². The number of carbonyl (C=O) groups is 1. The summed E-state index contributed by atoms with van der Waals surface area (Å²) in [6.07, 6.45) is 0. The average molecular weight is 447 g/mol. The molecule has 0 radical (unpaired) electrons. The number of oxazole rings is 1. The van der Waals surface area contributed by atoms with Crippen LogP contribution in [-0.2, 0) is 4.79 Å². The highest BCUT2D eigenvalue weighted by Crippen LogP contribution is 2.31. The van der Waals surface area contributed by atoms with Crippen molar-refractivity contribution in [2.45, 2.75) is 26.7 Å². The van der Waals surface area contributed by atoms with Crippen LogP contribution in [0.4, 0.5) is 5.69 Å². The van der Waals surface area contributed by atoms with Crippen molar-refractivity contribution >= 4 is 22.7 Å². The number of nitrogens with one attached hydrogen (secondary N) is 1. The van der Waals surface area contributed by atoms with Crippen molar-refractivity contribution in [2.24, 2.45) is 0 Å². The summed E-state index contributed by atoms with van der Waals surface area (Å²) in [5, 5.41) is 3.16. The molecule has 1 N–H and O–H groups in total. The molecule has 168 valence electrons. The molecule has 0 saturated carbocycles. The van der Waals surface area contributed by atoms with E-state index in [9.17, 15) is 4.79 Å². The van der Waals surface area contributed by atoms with Gasteiger partial charge >= 0.3 is 0 Å². The van der Waals surface area contributed by atoms with E-state index in [1.165, 1.54) is 11.1 Å². The Balaban J connectivity index is 1.49. The van der Waals surface area contributed by atoms with Crippen LogP contribution in [0, 0.1) is 20.8 Å². The number of rotatable bonds is 5. The topological polar surface area (TPSA) is 55.1 Å². The number of hydrogen-bond donors (Lipinski definition) is 1. The maximum atomic E-state index is 13.6. The minimum Gasteiger partial charge on any atom is -0.436 e. The third-order valence-electron chi connectivity index (χ3n) is 6.27. The van der Waals surface area contributed by atoms with E-state index in [1.807, 2.05) is 97.9 Å². The molecule has 0 aliphatic carbocycles. The number of anilines is 1. The fourth-order valence-electron chi connectivity index (χ4n) is 4.18. The van der Waals surface area contributed by atoms with Gasteiger partial charge in [0.15, 0.2) is 5.58 Å². The predicted octanol–water partition coefficient (Wildman–Crippen LogP) is 7.19. The predicted molar refractivity (Wildman–Crippen MR) is 137 cm³/mol. The second kappa shape index (κ2) is 8.99. The van der Waals surface area contributed by atoms with Crippen molar-refractivity contribution in [1.82, 2.24) is 4.98 Å². The lowest BCUT2D eigenvalue weighted by molar-refractivity contribution is -0.116. The summed E-state index contributed by atoms with van der Waals surface area (Å²) < 4.78 is 6.05. The molecule has 4 aromatic carbocycles. The van der Waals surface area contributed by atoms with Crippen molar-refractivity contribution in [1.29, 1.82) is 0 Å². The van der Waals surface area contributed by atoms with Gasteiger partial charge in [0, 0.05) is 11.3 Å². The second-order valence-electron chi connectivity index (χ2n) is 8.70. The molecule has 1 aromatic heterocycles. The smallest absolute Gasteiger partial charge is 0.236 e. The van der Waals surface area contributed by atoms with Gasteiger partial charge in [0.25, 0.3) is 0 Å². The summed E-state index contributed by atoms with van der Waals surface area (Å²) in [5.41, 5.74) is 8.37. The first-order valence-electron chi connectivity index (χ1n) is 11.4. The minimum absolute atomic E-state index is 0.0820. The fourth-order valence-corrected chi connectivity index (χ4v) is 4.18. The average Bonchev–Trinajstić information content (AvgIpc) is 3.25. The van der Waals surface area contributed by atoms with Crippen LogP contribution in [-0.4, -0.2) is 10.9 Å². The zero-order valence-corrected chi connectivity index (χ0v) is 19.5. The Hall–Kier alpha value is -4.18. The zero-order valence-electron chi connectivity index (χ0n) is 19.5. The van der Waals surface area contributed by atoms with E-state index >= 15 is 0 Å². The van der Waals surface area contributed by atoms with Gasteiger partial charge in [-0.05, 0) is 72.9 Å². The Bertz CT molecular complexity index is 1390. The molecule has 1 amide bonds. The first-order valence-corrected chi connectivity index (χ1v) is 11.4. The maximum absolute atomic E-state index is 13.6. The molecule has 5 rings (SSSR count). The number of nitrogens with zero attached hydrogens (tertiary/aromatic N) is 1. The van der Waals surface area contributed by atoms with Crippen molar-refractivity contribution in [3.8, 4) is 11.5 Å². The standard InChI is InChI=1S/C30H26N2O2/c1-19-14-15-24(30-32-26-16-20(2)21(3)17-27(26)34-30)18-25(19)31-29(33)28(22-10-6-4-7-11-22)23-12-8-5-9-13-23/h4-18,28H,1-3H3,(H,31,33). The van der Waals surface area contributed by atoms with Crippen molar-refractivity contribution in [2.75, 3.05) is 5.32 Å². The van der Waals surface area contributed by atoms with Gasteiger partial charge in [-0.25, -0.2) is 4.98 Å². The molecule has 0 spiro atoms. The van der Waals surface area contributed by atoms with Gasteiger partial charge in [-0.2, -0.15) is 0 Å². The lowest BCUT2D eigenvalue weighted by atomic mass is 9.90. The summed E-state index contributed by atoms with van der Waals surface area (Å²) in [5.74, 6) is 0.0420. The van der Waals surface area contributed by atoms with Gasteiger partial charge in [-0.3, -0.25) is 4.79 Å². The molecule has 5 aromatic rings. The van der Waals surface area contributed by atoms with Gasteiger partial charge in [0.05, 0.1) is 5.92 Å². The largest absolute Gasteiger partial charge is 0.436 e. The van der Waals surface area contributed by atoms with Crippen LogP contribution in [0.25, 0.3) is 22.6 Å². The van der Waals surface area contributed by atoms with Crippen molar-refractivity contribution < 1.29 is 9.21 Å². The molecule has 4 nitrogen and oxygen atoms in total. The molecule has 4 heteroatoms. The van der Waals surface area contributed by atoms with E-state index in [1.54, 1.807) is 0 Å². The third-order valence-corrected chi connectivity index (χ3v) is 6.27. The van der Waals surface area contributed by atoms with E-state index in [2.05, 4.69) is 24.1 Å². The van der Waals surface area contributed by atoms with Gasteiger partial charge < -0.3 is 9.73 Å². The molecule has 0 fully saturated rings. The van der Waals surface area contributed by atoms with Crippen LogP contribution >= 0.6 is 0 Å². The summed E-state index contributed by atoms with van der Waals surface area (Å²) in [4.78, 5) is 18.3. The first kappa shape index (κ1) is 21.7. The highest BCUT2D eigenvalue weighted by molar-refractivity contribution is 5.99. The fraction of sp³-hybridized carbons (Fsp3) is 0.133. The molecule has 0 atom stereocenters. The Labute approximate surface area is 199 Å². The SMILES string of the molecule is Cc1cc2nc(-c3ccc(C)c(NC(=O)C(c4ccccc4)c4ccccc4)c3)oc2cc1C. The normalized spacial score (nSPS) is 11.2. The Kier molecular flexibility index (Phi) is 5.72. The summed E-state index contributed by atoms with van der Waals surface area (Å²) in [6, 6.07) is 29.7. The minimum atomic E-state index is -0.416. The van der Waals surface area contributed by atoms with Crippen LogP contribution in [0.5, 0.6) is 0 Å². The molecule has 1 heterocycles. The molecule has 0 aliphatic heterocycles. The Morgan fingerprint density at radius 3 is 2.03 bits per heavy atom. The Morgan fingerprint density at radius 2 is 1.38 bits per heavy atom. The first-order chi connectivity index (χ1) is 16.5. The van der Waals surface area contributed by atoms with E-state index in [0.717, 1.165) is 39.0 Å². The quantitative estimate of drug-likeness (QED) is 0.311. The lowest BCUT2D eigenvalue weighted by Crippen LogP contribution is -2.22. The summed E-state index contributed by atoms with van der Waals surface area (Å²) >= 11 is 0. The van der Waals surface area contributed by atoms with Gasteiger partial charge in [-0.15, -0.1) is 0 Å². The van der Waals surface area contributed by atoms with E-state index in [-0.39, 0.29) is 5.91 Å². The van der Waals surface area contributed by atoms with Crippen LogP contribution in [0.2, 0.25) is 0 Å². The van der Waals surface area contributed by atoms with Crippen LogP contribution < -0.4 is 5.32 Å². The van der Waals surface area contributed by atoms with Crippen molar-refractivity contribution in [3.05, 3.63) is 119 Å². The number of hydrogen-bond acceptors (Lipinski definition) is 3. The van der Waals surface area contributed by atoms with Gasteiger partial charge in [-0.1, -0.05) is 66.7 Å². The van der Waals surface area contributed by atoms with E-state index in [0.29, 0.717) is 5.89 Å².